The van der Waals surface area contributed by atoms with Crippen molar-refractivity contribution in [3.8, 4) is 6.07 Å². The SMILES string of the molecule is CC(C)C1CCCCC1Nc1cccc(C#N)c1. The van der Waals surface area contributed by atoms with Crippen molar-refractivity contribution in [2.24, 2.45) is 11.8 Å². The van der Waals surface area contributed by atoms with E-state index in [1.54, 1.807) is 0 Å². The molecule has 2 heteroatoms. The Kier molecular flexibility index (Phi) is 4.25. The molecule has 1 aromatic carbocycles. The molecule has 1 aromatic rings. The number of anilines is 1. The van der Waals surface area contributed by atoms with Crippen molar-refractivity contribution in [1.82, 2.24) is 0 Å². The summed E-state index contributed by atoms with van der Waals surface area (Å²) in [5.74, 6) is 1.48. The topological polar surface area (TPSA) is 35.8 Å². The molecular formula is C16H22N2. The molecule has 0 bridgehead atoms. The molecular weight excluding hydrogens is 220 g/mol. The van der Waals surface area contributed by atoms with Crippen LogP contribution in [0.15, 0.2) is 24.3 Å². The summed E-state index contributed by atoms with van der Waals surface area (Å²) in [6.45, 7) is 4.63. The van der Waals surface area contributed by atoms with Crippen LogP contribution in [0.4, 0.5) is 5.69 Å². The Labute approximate surface area is 110 Å². The highest BCUT2D eigenvalue weighted by Crippen LogP contribution is 2.32. The summed E-state index contributed by atoms with van der Waals surface area (Å²) in [4.78, 5) is 0. The highest BCUT2D eigenvalue weighted by molar-refractivity contribution is 5.49. The number of hydrogen-bond donors (Lipinski definition) is 1. The zero-order valence-corrected chi connectivity index (χ0v) is 11.3. The Morgan fingerprint density at radius 2 is 2.06 bits per heavy atom. The fourth-order valence-electron chi connectivity index (χ4n) is 3.03. The Bertz CT molecular complexity index is 431. The molecule has 2 unspecified atom stereocenters. The van der Waals surface area contributed by atoms with Gasteiger partial charge in [-0.3, -0.25) is 0 Å². The molecule has 0 aromatic heterocycles. The maximum absolute atomic E-state index is 8.93. The third kappa shape index (κ3) is 3.04. The van der Waals surface area contributed by atoms with E-state index in [0.29, 0.717) is 6.04 Å². The zero-order chi connectivity index (χ0) is 13.0. The minimum Gasteiger partial charge on any atom is -0.382 e. The molecule has 0 spiro atoms. The Balaban J connectivity index is 2.08. The van der Waals surface area contributed by atoms with Gasteiger partial charge in [0.15, 0.2) is 0 Å². The van der Waals surface area contributed by atoms with E-state index in [0.717, 1.165) is 23.1 Å². The van der Waals surface area contributed by atoms with Gasteiger partial charge in [0.05, 0.1) is 11.6 Å². The number of benzene rings is 1. The van der Waals surface area contributed by atoms with Crippen molar-refractivity contribution in [2.45, 2.75) is 45.6 Å². The summed E-state index contributed by atoms with van der Waals surface area (Å²) in [5, 5.41) is 12.6. The van der Waals surface area contributed by atoms with Gasteiger partial charge in [0.2, 0.25) is 0 Å². The summed E-state index contributed by atoms with van der Waals surface area (Å²) in [7, 11) is 0. The smallest absolute Gasteiger partial charge is 0.0992 e. The highest BCUT2D eigenvalue weighted by Gasteiger charge is 2.27. The van der Waals surface area contributed by atoms with Gasteiger partial charge in [-0.15, -0.1) is 0 Å². The quantitative estimate of drug-likeness (QED) is 0.862. The molecule has 0 aliphatic heterocycles. The summed E-state index contributed by atoms with van der Waals surface area (Å²) in [5.41, 5.74) is 1.82. The predicted octanol–water partition coefficient (Wildman–Crippen LogP) is 4.18. The van der Waals surface area contributed by atoms with Crippen LogP contribution in [0, 0.1) is 23.2 Å². The zero-order valence-electron chi connectivity index (χ0n) is 11.3. The van der Waals surface area contributed by atoms with E-state index in [4.69, 9.17) is 5.26 Å². The summed E-state index contributed by atoms with van der Waals surface area (Å²) in [6, 6.07) is 10.6. The number of nitrogens with zero attached hydrogens (tertiary/aromatic N) is 1. The van der Waals surface area contributed by atoms with Gasteiger partial charge in [0.25, 0.3) is 0 Å². The van der Waals surface area contributed by atoms with Gasteiger partial charge in [-0.1, -0.05) is 32.8 Å². The van der Waals surface area contributed by atoms with Gasteiger partial charge in [-0.25, -0.2) is 0 Å². The van der Waals surface area contributed by atoms with Gasteiger partial charge < -0.3 is 5.32 Å². The first-order valence-corrected chi connectivity index (χ1v) is 6.97. The number of rotatable bonds is 3. The first-order chi connectivity index (χ1) is 8.70. The summed E-state index contributed by atoms with van der Waals surface area (Å²) in [6.07, 6.45) is 5.25. The molecule has 18 heavy (non-hydrogen) atoms. The van der Waals surface area contributed by atoms with E-state index in [1.807, 2.05) is 18.2 Å². The lowest BCUT2D eigenvalue weighted by Crippen LogP contribution is -2.35. The molecule has 1 aliphatic rings. The molecule has 1 saturated carbocycles. The number of nitriles is 1. The lowest BCUT2D eigenvalue weighted by molar-refractivity contribution is 0.254. The van der Waals surface area contributed by atoms with Crippen LogP contribution in [0.3, 0.4) is 0 Å². The van der Waals surface area contributed by atoms with Gasteiger partial charge in [-0.05, 0) is 42.9 Å². The van der Waals surface area contributed by atoms with E-state index >= 15 is 0 Å². The predicted molar refractivity (Wildman–Crippen MR) is 75.4 cm³/mol. The maximum atomic E-state index is 8.93. The van der Waals surface area contributed by atoms with E-state index in [9.17, 15) is 0 Å². The number of hydrogen-bond acceptors (Lipinski definition) is 2. The van der Waals surface area contributed by atoms with Crippen molar-refractivity contribution >= 4 is 5.69 Å². The fourth-order valence-corrected chi connectivity index (χ4v) is 3.03. The third-order valence-electron chi connectivity index (χ3n) is 4.02. The van der Waals surface area contributed by atoms with Crippen molar-refractivity contribution in [1.29, 1.82) is 5.26 Å². The molecule has 2 rings (SSSR count). The van der Waals surface area contributed by atoms with Gasteiger partial charge in [0.1, 0.15) is 0 Å². The van der Waals surface area contributed by atoms with Crippen molar-refractivity contribution in [3.05, 3.63) is 29.8 Å². The molecule has 0 radical (unpaired) electrons. The van der Waals surface area contributed by atoms with E-state index < -0.39 is 0 Å². The van der Waals surface area contributed by atoms with Crippen molar-refractivity contribution in [2.75, 3.05) is 5.32 Å². The molecule has 0 saturated heterocycles. The Morgan fingerprint density at radius 3 is 2.78 bits per heavy atom. The largest absolute Gasteiger partial charge is 0.382 e. The molecule has 1 fully saturated rings. The van der Waals surface area contributed by atoms with Crippen LogP contribution in [0.2, 0.25) is 0 Å². The second kappa shape index (κ2) is 5.91. The molecule has 0 heterocycles. The standard InChI is InChI=1S/C16H22N2/c1-12(2)15-8-3-4-9-16(15)18-14-7-5-6-13(10-14)11-17/h5-7,10,12,15-16,18H,3-4,8-9H2,1-2H3. The van der Waals surface area contributed by atoms with E-state index in [1.165, 1.54) is 25.7 Å². The Hall–Kier alpha value is -1.49. The molecule has 1 aliphatic carbocycles. The van der Waals surface area contributed by atoms with Crippen LogP contribution in [0.25, 0.3) is 0 Å². The highest BCUT2D eigenvalue weighted by atomic mass is 14.9. The first kappa shape index (κ1) is 13.0. The average molecular weight is 242 g/mol. The molecule has 2 nitrogen and oxygen atoms in total. The van der Waals surface area contributed by atoms with Gasteiger partial charge in [-0.2, -0.15) is 5.26 Å². The van der Waals surface area contributed by atoms with Crippen LogP contribution in [0.5, 0.6) is 0 Å². The third-order valence-corrected chi connectivity index (χ3v) is 4.02. The lowest BCUT2D eigenvalue weighted by Gasteiger charge is -2.35. The maximum Gasteiger partial charge on any atom is 0.0992 e. The van der Waals surface area contributed by atoms with E-state index in [2.05, 4.69) is 31.3 Å². The molecule has 0 amide bonds. The first-order valence-electron chi connectivity index (χ1n) is 6.97. The monoisotopic (exact) mass is 242 g/mol. The minimum atomic E-state index is 0.563. The molecule has 2 atom stereocenters. The second-order valence-corrected chi connectivity index (χ2v) is 5.64. The molecule has 1 N–H and O–H groups in total. The fraction of sp³-hybridized carbons (Fsp3) is 0.562. The number of nitrogens with one attached hydrogen (secondary N) is 1. The van der Waals surface area contributed by atoms with Crippen molar-refractivity contribution in [3.63, 3.8) is 0 Å². The Morgan fingerprint density at radius 1 is 1.28 bits per heavy atom. The van der Waals surface area contributed by atoms with Crippen LogP contribution >= 0.6 is 0 Å². The van der Waals surface area contributed by atoms with Gasteiger partial charge >= 0.3 is 0 Å². The minimum absolute atomic E-state index is 0.563. The second-order valence-electron chi connectivity index (χ2n) is 5.64. The van der Waals surface area contributed by atoms with Crippen molar-refractivity contribution < 1.29 is 0 Å². The summed E-state index contributed by atoms with van der Waals surface area (Å²) >= 11 is 0. The average Bonchev–Trinajstić information content (AvgIpc) is 2.39. The van der Waals surface area contributed by atoms with Crippen LogP contribution in [-0.4, -0.2) is 6.04 Å². The molecule has 96 valence electrons. The van der Waals surface area contributed by atoms with Crippen LogP contribution in [-0.2, 0) is 0 Å². The summed E-state index contributed by atoms with van der Waals surface area (Å²) < 4.78 is 0. The van der Waals surface area contributed by atoms with Gasteiger partial charge in [0, 0.05) is 11.7 Å². The normalized spacial score (nSPS) is 23.7. The van der Waals surface area contributed by atoms with E-state index in [-0.39, 0.29) is 0 Å². The van der Waals surface area contributed by atoms with Crippen LogP contribution < -0.4 is 5.32 Å². The van der Waals surface area contributed by atoms with Crippen LogP contribution in [0.1, 0.15) is 45.1 Å². The lowest BCUT2D eigenvalue weighted by atomic mass is 9.78.